The van der Waals surface area contributed by atoms with Gasteiger partial charge < -0.3 is 21.3 Å². The molecule has 12 heavy (non-hydrogen) atoms. The molecule has 0 spiro atoms. The van der Waals surface area contributed by atoms with Gasteiger partial charge in [0.2, 0.25) is 0 Å². The van der Waals surface area contributed by atoms with Crippen LogP contribution in [0.5, 0.6) is 0 Å². The maximum absolute atomic E-state index is 9.47. The van der Waals surface area contributed by atoms with Crippen LogP contribution in [0, 0.1) is 10.1 Å². The second-order valence-corrected chi connectivity index (χ2v) is 2.34. The summed E-state index contributed by atoms with van der Waals surface area (Å²) in [5.74, 6) is 0. The fourth-order valence-corrected chi connectivity index (χ4v) is 0.261. The Bertz CT molecular complexity index is 203. The summed E-state index contributed by atoms with van der Waals surface area (Å²) in [6, 6.07) is -0.833. The molecule has 2 amide bonds. The van der Waals surface area contributed by atoms with Crippen LogP contribution in [-0.4, -0.2) is 20.9 Å². The average molecular weight is 203 g/mol. The molecule has 0 bridgehead atoms. The van der Waals surface area contributed by atoms with E-state index in [1.165, 1.54) is 0 Å². The summed E-state index contributed by atoms with van der Waals surface area (Å²) in [6.07, 6.45) is 0. The van der Waals surface area contributed by atoms with E-state index in [-0.39, 0.29) is 0 Å². The lowest BCUT2D eigenvalue weighted by molar-refractivity contribution is -0.718. The highest BCUT2D eigenvalue weighted by Crippen LogP contribution is 2.35. The van der Waals surface area contributed by atoms with Gasteiger partial charge in [-0.25, -0.2) is 9.36 Å². The Kier molecular flexibility index (Phi) is 5.84. The van der Waals surface area contributed by atoms with Crippen LogP contribution in [0.25, 0.3) is 0 Å². The molecule has 0 saturated carbocycles. The van der Waals surface area contributed by atoms with Gasteiger partial charge in [0.15, 0.2) is 0 Å². The monoisotopic (exact) mass is 203 g/mol. The minimum atomic E-state index is -4.92. The summed E-state index contributed by atoms with van der Waals surface area (Å²) in [7, 11) is -4.92. The van der Waals surface area contributed by atoms with E-state index >= 15 is 0 Å². The fourth-order valence-electron chi connectivity index (χ4n) is 0.0868. The topological polar surface area (TPSA) is 179 Å². The van der Waals surface area contributed by atoms with E-state index < -0.39 is 18.9 Å². The molecule has 0 unspecified atom stereocenters. The van der Waals surface area contributed by atoms with E-state index in [9.17, 15) is 4.57 Å². The summed E-state index contributed by atoms with van der Waals surface area (Å²) < 4.78 is 12.3. The number of nitrogens with two attached hydrogens (primary N) is 2. The number of hydrogen-bond donors (Lipinski definition) is 4. The molecule has 0 aromatic heterocycles. The predicted molar refractivity (Wildman–Crippen MR) is 33.9 cm³/mol. The molecular weight excluding hydrogens is 197 g/mol. The molecule has 11 heteroatoms. The van der Waals surface area contributed by atoms with E-state index in [0.29, 0.717) is 0 Å². The first-order valence-electron chi connectivity index (χ1n) is 2.09. The van der Waals surface area contributed by atoms with Crippen LogP contribution in [0.1, 0.15) is 0 Å². The van der Waals surface area contributed by atoms with Gasteiger partial charge in [-0.05, 0) is 0 Å². The lowest BCUT2D eigenvalue weighted by Gasteiger charge is -1.95. The number of primary amides is 2. The van der Waals surface area contributed by atoms with Crippen LogP contribution in [0.2, 0.25) is 0 Å². The Morgan fingerprint density at radius 2 is 1.75 bits per heavy atom. The van der Waals surface area contributed by atoms with Crippen LogP contribution in [0.4, 0.5) is 4.79 Å². The van der Waals surface area contributed by atoms with Crippen LogP contribution < -0.4 is 11.5 Å². The highest BCUT2D eigenvalue weighted by atomic mass is 31.2. The van der Waals surface area contributed by atoms with Gasteiger partial charge in [-0.3, -0.25) is 0 Å². The third kappa shape index (κ3) is 38.2. The van der Waals surface area contributed by atoms with Crippen molar-refractivity contribution in [1.82, 2.24) is 0 Å². The first-order chi connectivity index (χ1) is 5.15. The standard InChI is InChI=1S/CH4N2O.H2NO6P/c2-1(3)4;2-1(3)7-8(4,5)6/h(H4,2,3,4);(H2,4,5,6). The van der Waals surface area contributed by atoms with Gasteiger partial charge >= 0.3 is 18.9 Å². The quantitative estimate of drug-likeness (QED) is 0.234. The van der Waals surface area contributed by atoms with Crippen molar-refractivity contribution in [2.75, 3.05) is 0 Å². The van der Waals surface area contributed by atoms with Gasteiger partial charge in [0.1, 0.15) is 0 Å². The second-order valence-electron chi connectivity index (χ2n) is 1.20. The number of nitrogens with zero attached hydrogens (tertiary/aromatic N) is 1. The Morgan fingerprint density at radius 1 is 1.50 bits per heavy atom. The van der Waals surface area contributed by atoms with Crippen molar-refractivity contribution in [3.8, 4) is 0 Å². The van der Waals surface area contributed by atoms with Crippen molar-refractivity contribution in [1.29, 1.82) is 0 Å². The Hall–Kier alpha value is -1.38. The molecule has 0 aliphatic carbocycles. The van der Waals surface area contributed by atoms with Crippen molar-refractivity contribution in [3.05, 3.63) is 10.1 Å². The SMILES string of the molecule is NC(N)=O.O=[N+]([O-])OP(=O)(O)O. The van der Waals surface area contributed by atoms with Crippen LogP contribution in [0.3, 0.4) is 0 Å². The minimum absolute atomic E-state index is 0.833. The molecule has 6 N–H and O–H groups in total. The van der Waals surface area contributed by atoms with E-state index in [4.69, 9.17) is 24.7 Å². The largest absolute Gasteiger partial charge is 0.501 e. The summed E-state index contributed by atoms with van der Waals surface area (Å²) in [6.45, 7) is 0. The highest BCUT2D eigenvalue weighted by Gasteiger charge is 2.17. The van der Waals surface area contributed by atoms with Gasteiger partial charge in [0.25, 0.3) is 0 Å². The number of hydrogen-bond acceptors (Lipinski definition) is 5. The first kappa shape index (κ1) is 13.2. The molecule has 0 aliphatic heterocycles. The average Bonchev–Trinajstić information content (AvgIpc) is 1.52. The normalized spacial score (nSPS) is 9.17. The van der Waals surface area contributed by atoms with E-state index in [1.807, 2.05) is 0 Å². The third-order valence-corrected chi connectivity index (χ3v) is 0.519. The van der Waals surface area contributed by atoms with E-state index in [0.717, 1.165) is 0 Å². The number of rotatable bonds is 2. The van der Waals surface area contributed by atoms with Crippen molar-refractivity contribution in [2.45, 2.75) is 0 Å². The molecule has 0 atom stereocenters. The first-order valence-corrected chi connectivity index (χ1v) is 3.62. The second kappa shape index (κ2) is 5.29. The zero-order chi connectivity index (χ0) is 10.4. The number of carbonyl (C=O) groups is 1. The van der Waals surface area contributed by atoms with Crippen molar-refractivity contribution in [2.24, 2.45) is 11.5 Å². The predicted octanol–water partition coefficient (Wildman–Crippen LogP) is -1.69. The summed E-state index contributed by atoms with van der Waals surface area (Å²) >= 11 is 0. The molecule has 0 saturated heterocycles. The lowest BCUT2D eigenvalue weighted by atomic mass is 11.2. The van der Waals surface area contributed by atoms with Gasteiger partial charge in [0.05, 0.1) is 0 Å². The van der Waals surface area contributed by atoms with Crippen LogP contribution in [0.15, 0.2) is 0 Å². The van der Waals surface area contributed by atoms with Gasteiger partial charge in [0, 0.05) is 0 Å². The molecule has 10 nitrogen and oxygen atoms in total. The van der Waals surface area contributed by atoms with Crippen molar-refractivity contribution < 1.29 is 28.9 Å². The smallest absolute Gasteiger partial charge is 0.352 e. The number of carbonyl (C=O) groups excluding carboxylic acids is 1. The van der Waals surface area contributed by atoms with E-state index in [1.54, 1.807) is 0 Å². The van der Waals surface area contributed by atoms with Crippen LogP contribution >= 0.6 is 7.82 Å². The molecule has 0 aromatic rings. The Balaban J connectivity index is 0. The molecule has 0 aromatic carbocycles. The Morgan fingerprint density at radius 3 is 1.75 bits per heavy atom. The molecule has 0 fully saturated rings. The van der Waals surface area contributed by atoms with Gasteiger partial charge in [-0.1, -0.05) is 0 Å². The lowest BCUT2D eigenvalue weighted by Crippen LogP contribution is -2.18. The molecule has 0 aliphatic rings. The van der Waals surface area contributed by atoms with Crippen LogP contribution in [-0.2, 0) is 9.19 Å². The maximum Gasteiger partial charge on any atom is 0.501 e. The maximum atomic E-state index is 9.47. The van der Waals surface area contributed by atoms with Crippen molar-refractivity contribution >= 4 is 13.9 Å². The molecule has 0 radical (unpaired) electrons. The molecule has 72 valence electrons. The minimum Gasteiger partial charge on any atom is -0.352 e. The zero-order valence-electron chi connectivity index (χ0n) is 5.48. The fraction of sp³-hybridized carbons (Fsp3) is 0. The molecule has 0 rings (SSSR count). The highest BCUT2D eigenvalue weighted by molar-refractivity contribution is 7.46. The third-order valence-electron chi connectivity index (χ3n) is 0.173. The van der Waals surface area contributed by atoms with Gasteiger partial charge in [-0.15, -0.1) is 10.1 Å². The Labute approximate surface area is 65.4 Å². The van der Waals surface area contributed by atoms with Crippen molar-refractivity contribution in [3.63, 3.8) is 0 Å². The molecular formula is CH6N3O7P. The van der Waals surface area contributed by atoms with E-state index in [2.05, 4.69) is 16.1 Å². The summed E-state index contributed by atoms with van der Waals surface area (Å²) in [4.78, 5) is 33.4. The molecule has 0 heterocycles. The summed E-state index contributed by atoms with van der Waals surface area (Å²) in [5.41, 5.74) is 8.50. The van der Waals surface area contributed by atoms with Gasteiger partial charge in [-0.2, -0.15) is 4.62 Å². The zero-order valence-corrected chi connectivity index (χ0v) is 6.38. The number of phosphoric acid groups is 1. The number of amides is 2. The summed E-state index contributed by atoms with van der Waals surface area (Å²) in [5, 5.41) is 7.55. The number of urea groups is 1.